The van der Waals surface area contributed by atoms with E-state index in [2.05, 4.69) is 0 Å². The maximum absolute atomic E-state index is 13.5. The third kappa shape index (κ3) is 3.27. The van der Waals surface area contributed by atoms with Gasteiger partial charge in [-0.15, -0.1) is 0 Å². The average Bonchev–Trinajstić information content (AvgIpc) is 2.48. The molecule has 4 heteroatoms. The molecular formula is C16H19FNO2+. The lowest BCUT2D eigenvalue weighted by molar-refractivity contribution is -0.686. The summed E-state index contributed by atoms with van der Waals surface area (Å²) in [6, 6.07) is 12.6. The van der Waals surface area contributed by atoms with Crippen LogP contribution in [0.15, 0.2) is 42.5 Å². The Kier molecular flexibility index (Phi) is 4.96. The molecule has 0 aromatic heterocycles. The van der Waals surface area contributed by atoms with Gasteiger partial charge in [0, 0.05) is 5.56 Å². The van der Waals surface area contributed by atoms with Crippen molar-refractivity contribution >= 4 is 0 Å². The Morgan fingerprint density at radius 1 is 0.900 bits per heavy atom. The Morgan fingerprint density at radius 3 is 2.30 bits per heavy atom. The SMILES string of the molecule is COc1cccc(C[NH2+]Cc2ccccc2F)c1OC. The largest absolute Gasteiger partial charge is 0.493 e. The molecule has 0 aliphatic rings. The van der Waals surface area contributed by atoms with E-state index >= 15 is 0 Å². The number of hydrogen-bond acceptors (Lipinski definition) is 2. The Morgan fingerprint density at radius 2 is 1.60 bits per heavy atom. The number of para-hydroxylation sites is 1. The van der Waals surface area contributed by atoms with Gasteiger partial charge in [0.25, 0.3) is 0 Å². The van der Waals surface area contributed by atoms with Crippen LogP contribution in [0.3, 0.4) is 0 Å². The fourth-order valence-electron chi connectivity index (χ4n) is 2.16. The van der Waals surface area contributed by atoms with Crippen molar-refractivity contribution in [1.29, 1.82) is 0 Å². The summed E-state index contributed by atoms with van der Waals surface area (Å²) in [6.07, 6.45) is 0. The third-order valence-electron chi connectivity index (χ3n) is 3.17. The van der Waals surface area contributed by atoms with E-state index in [1.807, 2.05) is 29.6 Å². The first-order chi connectivity index (χ1) is 9.76. The van der Waals surface area contributed by atoms with Crippen LogP contribution in [0.1, 0.15) is 11.1 Å². The van der Waals surface area contributed by atoms with E-state index in [9.17, 15) is 4.39 Å². The molecule has 0 saturated carbocycles. The number of nitrogens with two attached hydrogens (primary N) is 1. The molecule has 0 radical (unpaired) electrons. The Labute approximate surface area is 118 Å². The van der Waals surface area contributed by atoms with E-state index in [0.29, 0.717) is 24.4 Å². The maximum Gasteiger partial charge on any atom is 0.169 e. The van der Waals surface area contributed by atoms with Gasteiger partial charge >= 0.3 is 0 Å². The van der Waals surface area contributed by atoms with E-state index in [1.54, 1.807) is 26.4 Å². The zero-order chi connectivity index (χ0) is 14.4. The highest BCUT2D eigenvalue weighted by Crippen LogP contribution is 2.29. The number of ether oxygens (including phenoxy) is 2. The van der Waals surface area contributed by atoms with Crippen LogP contribution < -0.4 is 14.8 Å². The highest BCUT2D eigenvalue weighted by atomic mass is 19.1. The predicted octanol–water partition coefficient (Wildman–Crippen LogP) is 2.11. The molecular weight excluding hydrogens is 257 g/mol. The van der Waals surface area contributed by atoms with Crippen molar-refractivity contribution < 1.29 is 19.2 Å². The topological polar surface area (TPSA) is 35.1 Å². The minimum absolute atomic E-state index is 0.165. The fraction of sp³-hybridized carbons (Fsp3) is 0.250. The minimum Gasteiger partial charge on any atom is -0.493 e. The summed E-state index contributed by atoms with van der Waals surface area (Å²) in [5.41, 5.74) is 1.73. The molecule has 20 heavy (non-hydrogen) atoms. The lowest BCUT2D eigenvalue weighted by Gasteiger charge is -2.11. The number of benzene rings is 2. The van der Waals surface area contributed by atoms with Gasteiger partial charge in [-0.2, -0.15) is 0 Å². The van der Waals surface area contributed by atoms with Gasteiger partial charge in [-0.05, 0) is 18.2 Å². The molecule has 2 rings (SSSR count). The number of rotatable bonds is 6. The molecule has 0 fully saturated rings. The number of quaternary nitrogens is 1. The highest BCUT2D eigenvalue weighted by molar-refractivity contribution is 5.46. The van der Waals surface area contributed by atoms with Crippen LogP contribution in [0.25, 0.3) is 0 Å². The van der Waals surface area contributed by atoms with Crippen LogP contribution in [0.4, 0.5) is 4.39 Å². The first-order valence-electron chi connectivity index (χ1n) is 6.51. The maximum atomic E-state index is 13.5. The molecule has 0 heterocycles. The molecule has 2 N–H and O–H groups in total. The quantitative estimate of drug-likeness (QED) is 0.877. The first kappa shape index (κ1) is 14.3. The van der Waals surface area contributed by atoms with Gasteiger partial charge in [0.2, 0.25) is 0 Å². The standard InChI is InChI=1S/C16H18FNO2/c1-19-15-9-5-7-13(16(15)20-2)11-18-10-12-6-3-4-8-14(12)17/h3-9,18H,10-11H2,1-2H3/p+1. The second-order valence-corrected chi connectivity index (χ2v) is 4.44. The van der Waals surface area contributed by atoms with Crippen LogP contribution in [0.2, 0.25) is 0 Å². The fourth-order valence-corrected chi connectivity index (χ4v) is 2.16. The van der Waals surface area contributed by atoms with E-state index in [1.165, 1.54) is 6.07 Å². The molecule has 0 atom stereocenters. The third-order valence-corrected chi connectivity index (χ3v) is 3.17. The average molecular weight is 276 g/mol. The molecule has 0 unspecified atom stereocenters. The summed E-state index contributed by atoms with van der Waals surface area (Å²) >= 11 is 0. The van der Waals surface area contributed by atoms with Crippen LogP contribution in [-0.2, 0) is 13.1 Å². The summed E-state index contributed by atoms with van der Waals surface area (Å²) in [5.74, 6) is 1.28. The van der Waals surface area contributed by atoms with Crippen molar-refractivity contribution in [2.24, 2.45) is 0 Å². The van der Waals surface area contributed by atoms with Crippen molar-refractivity contribution in [2.45, 2.75) is 13.1 Å². The zero-order valence-corrected chi connectivity index (χ0v) is 11.7. The molecule has 2 aromatic carbocycles. The molecule has 0 amide bonds. The van der Waals surface area contributed by atoms with Gasteiger partial charge in [0.1, 0.15) is 18.9 Å². The van der Waals surface area contributed by atoms with E-state index in [-0.39, 0.29) is 5.82 Å². The molecule has 0 spiro atoms. The van der Waals surface area contributed by atoms with Gasteiger partial charge in [-0.25, -0.2) is 4.39 Å². The van der Waals surface area contributed by atoms with Gasteiger partial charge in [0.15, 0.2) is 11.5 Å². The molecule has 0 aliphatic carbocycles. The summed E-state index contributed by atoms with van der Waals surface area (Å²) in [4.78, 5) is 0. The number of halogens is 1. The predicted molar refractivity (Wildman–Crippen MR) is 75.3 cm³/mol. The minimum atomic E-state index is -0.165. The van der Waals surface area contributed by atoms with Gasteiger partial charge in [-0.3, -0.25) is 0 Å². The Bertz CT molecular complexity index is 572. The van der Waals surface area contributed by atoms with Gasteiger partial charge < -0.3 is 14.8 Å². The van der Waals surface area contributed by atoms with E-state index in [4.69, 9.17) is 9.47 Å². The Hall–Kier alpha value is -2.07. The van der Waals surface area contributed by atoms with Gasteiger partial charge in [0.05, 0.1) is 19.8 Å². The molecule has 3 nitrogen and oxygen atoms in total. The van der Waals surface area contributed by atoms with E-state index < -0.39 is 0 Å². The monoisotopic (exact) mass is 276 g/mol. The Balaban J connectivity index is 2.03. The molecule has 106 valence electrons. The summed E-state index contributed by atoms with van der Waals surface area (Å²) in [7, 11) is 3.24. The van der Waals surface area contributed by atoms with E-state index in [0.717, 1.165) is 11.3 Å². The normalized spacial score (nSPS) is 10.3. The molecule has 0 bridgehead atoms. The second-order valence-electron chi connectivity index (χ2n) is 4.44. The molecule has 0 aliphatic heterocycles. The lowest BCUT2D eigenvalue weighted by Crippen LogP contribution is -2.80. The number of hydrogen-bond donors (Lipinski definition) is 1. The van der Waals surface area contributed by atoms with Crippen molar-refractivity contribution in [3.8, 4) is 11.5 Å². The van der Waals surface area contributed by atoms with Crippen LogP contribution in [0.5, 0.6) is 11.5 Å². The highest BCUT2D eigenvalue weighted by Gasteiger charge is 2.11. The van der Waals surface area contributed by atoms with Gasteiger partial charge in [-0.1, -0.05) is 24.3 Å². The van der Waals surface area contributed by atoms with Crippen LogP contribution in [-0.4, -0.2) is 14.2 Å². The van der Waals surface area contributed by atoms with Crippen molar-refractivity contribution in [3.05, 3.63) is 59.4 Å². The van der Waals surface area contributed by atoms with Crippen LogP contribution >= 0.6 is 0 Å². The van der Waals surface area contributed by atoms with Crippen molar-refractivity contribution in [1.82, 2.24) is 0 Å². The molecule has 0 saturated heterocycles. The summed E-state index contributed by atoms with van der Waals surface area (Å²) in [6.45, 7) is 1.29. The summed E-state index contributed by atoms with van der Waals surface area (Å²) in [5, 5.41) is 2.04. The first-order valence-corrected chi connectivity index (χ1v) is 6.51. The van der Waals surface area contributed by atoms with Crippen molar-refractivity contribution in [2.75, 3.05) is 14.2 Å². The molecule has 2 aromatic rings. The van der Waals surface area contributed by atoms with Crippen molar-refractivity contribution in [3.63, 3.8) is 0 Å². The second kappa shape index (κ2) is 6.91. The number of methoxy groups -OCH3 is 2. The van der Waals surface area contributed by atoms with Crippen LogP contribution in [0, 0.1) is 5.82 Å². The lowest BCUT2D eigenvalue weighted by atomic mass is 10.1. The zero-order valence-electron chi connectivity index (χ0n) is 11.7. The summed E-state index contributed by atoms with van der Waals surface area (Å²) < 4.78 is 24.2. The smallest absolute Gasteiger partial charge is 0.169 e.